The van der Waals surface area contributed by atoms with Gasteiger partial charge in [-0.1, -0.05) is 15.9 Å². The average molecular weight is 351 g/mol. The Morgan fingerprint density at radius 1 is 1.24 bits per heavy atom. The number of anilines is 1. The molecule has 0 saturated carbocycles. The Kier molecular flexibility index (Phi) is 4.89. The van der Waals surface area contributed by atoms with Crippen LogP contribution in [0.5, 0.6) is 5.75 Å². The lowest BCUT2D eigenvalue weighted by atomic mass is 10.3. The zero-order chi connectivity index (χ0) is 15.2. The number of carboxylic acid groups (broad SMARTS) is 1. The molecule has 2 rings (SSSR count). The molecule has 0 radical (unpaired) electrons. The predicted molar refractivity (Wildman–Crippen MR) is 79.5 cm³/mol. The molecule has 0 aliphatic rings. The molecule has 0 bridgehead atoms. The molecular weight excluding hydrogens is 340 g/mol. The molecule has 1 heterocycles. The first-order valence-electron chi connectivity index (χ1n) is 5.92. The number of hydrogen-bond donors (Lipinski definition) is 2. The van der Waals surface area contributed by atoms with Gasteiger partial charge < -0.3 is 15.2 Å². The molecule has 2 N–H and O–H groups in total. The van der Waals surface area contributed by atoms with E-state index in [-0.39, 0.29) is 18.2 Å². The van der Waals surface area contributed by atoms with Crippen molar-refractivity contribution in [3.63, 3.8) is 0 Å². The molecule has 0 spiro atoms. The molecule has 1 aromatic carbocycles. The maximum atomic E-state index is 11.7. The highest BCUT2D eigenvalue weighted by molar-refractivity contribution is 9.10. The van der Waals surface area contributed by atoms with Gasteiger partial charge in [0.25, 0.3) is 5.91 Å². The Balaban J connectivity index is 1.91. The van der Waals surface area contributed by atoms with Gasteiger partial charge in [-0.25, -0.2) is 9.78 Å². The second-order valence-corrected chi connectivity index (χ2v) is 4.94. The van der Waals surface area contributed by atoms with Crippen LogP contribution in [0.2, 0.25) is 0 Å². The predicted octanol–water partition coefficient (Wildman–Crippen LogP) is 2.56. The number of pyridine rings is 1. The number of hydrogen-bond acceptors (Lipinski definition) is 4. The fraction of sp³-hybridized carbons (Fsp3) is 0.0714. The first-order valence-corrected chi connectivity index (χ1v) is 6.71. The zero-order valence-corrected chi connectivity index (χ0v) is 12.3. The monoisotopic (exact) mass is 350 g/mol. The van der Waals surface area contributed by atoms with Crippen LogP contribution in [0.15, 0.2) is 47.1 Å². The van der Waals surface area contributed by atoms with E-state index in [2.05, 4.69) is 26.2 Å². The van der Waals surface area contributed by atoms with Crippen molar-refractivity contribution in [1.29, 1.82) is 0 Å². The van der Waals surface area contributed by atoms with Crippen molar-refractivity contribution < 1.29 is 19.4 Å². The lowest BCUT2D eigenvalue weighted by Gasteiger charge is -2.07. The van der Waals surface area contributed by atoms with Crippen LogP contribution in [0.1, 0.15) is 10.5 Å². The second-order valence-electron chi connectivity index (χ2n) is 4.03. The van der Waals surface area contributed by atoms with E-state index in [1.165, 1.54) is 18.3 Å². The molecule has 0 saturated heterocycles. The Bertz CT molecular complexity index is 658. The number of amides is 1. The van der Waals surface area contributed by atoms with E-state index in [0.29, 0.717) is 11.4 Å². The van der Waals surface area contributed by atoms with Crippen molar-refractivity contribution in [2.45, 2.75) is 0 Å². The van der Waals surface area contributed by atoms with Gasteiger partial charge in [-0.15, -0.1) is 0 Å². The average Bonchev–Trinajstić information content (AvgIpc) is 2.47. The van der Waals surface area contributed by atoms with Crippen molar-refractivity contribution >= 4 is 33.5 Å². The Morgan fingerprint density at radius 2 is 1.95 bits per heavy atom. The van der Waals surface area contributed by atoms with E-state index in [9.17, 15) is 9.59 Å². The summed E-state index contributed by atoms with van der Waals surface area (Å²) in [4.78, 5) is 26.2. The van der Waals surface area contributed by atoms with Gasteiger partial charge in [0, 0.05) is 16.4 Å². The number of ether oxygens (including phenoxy) is 1. The van der Waals surface area contributed by atoms with Gasteiger partial charge in [0.1, 0.15) is 11.4 Å². The minimum absolute atomic E-state index is 0.137. The lowest BCUT2D eigenvalue weighted by molar-refractivity contribution is -0.118. The molecule has 21 heavy (non-hydrogen) atoms. The third-order valence-corrected chi connectivity index (χ3v) is 2.98. The van der Waals surface area contributed by atoms with Crippen molar-refractivity contribution in [1.82, 2.24) is 4.98 Å². The summed E-state index contributed by atoms with van der Waals surface area (Å²) in [6.45, 7) is -0.174. The molecule has 0 aliphatic carbocycles. The van der Waals surface area contributed by atoms with Gasteiger partial charge in [0.15, 0.2) is 6.61 Å². The summed E-state index contributed by atoms with van der Waals surface area (Å²) >= 11 is 3.30. The largest absolute Gasteiger partial charge is 0.484 e. The first kappa shape index (κ1) is 15.0. The SMILES string of the molecule is O=C(COc1ccc(Br)cc1)Nc1ccnc(C(=O)O)c1. The van der Waals surface area contributed by atoms with Crippen LogP contribution in [0, 0.1) is 0 Å². The third kappa shape index (κ3) is 4.57. The molecule has 6 nitrogen and oxygen atoms in total. The van der Waals surface area contributed by atoms with Crippen LogP contribution < -0.4 is 10.1 Å². The number of halogens is 1. The zero-order valence-electron chi connectivity index (χ0n) is 10.7. The number of nitrogens with one attached hydrogen (secondary N) is 1. The minimum atomic E-state index is -1.16. The summed E-state index contributed by atoms with van der Waals surface area (Å²) in [5.41, 5.74) is 0.216. The number of rotatable bonds is 5. The van der Waals surface area contributed by atoms with E-state index in [4.69, 9.17) is 9.84 Å². The molecule has 0 aliphatic heterocycles. The van der Waals surface area contributed by atoms with Crippen LogP contribution in [-0.2, 0) is 4.79 Å². The lowest BCUT2D eigenvalue weighted by Crippen LogP contribution is -2.20. The number of nitrogens with zero attached hydrogens (tertiary/aromatic N) is 1. The van der Waals surface area contributed by atoms with Crippen LogP contribution in [0.4, 0.5) is 5.69 Å². The van der Waals surface area contributed by atoms with Gasteiger partial charge in [-0.05, 0) is 36.4 Å². The summed E-state index contributed by atoms with van der Waals surface area (Å²) < 4.78 is 6.22. The quantitative estimate of drug-likeness (QED) is 0.864. The first-order chi connectivity index (χ1) is 10.0. The highest BCUT2D eigenvalue weighted by Gasteiger charge is 2.08. The molecule has 108 valence electrons. The summed E-state index contributed by atoms with van der Waals surface area (Å²) in [6, 6.07) is 9.84. The van der Waals surface area contributed by atoms with Crippen molar-refractivity contribution in [2.24, 2.45) is 0 Å². The highest BCUT2D eigenvalue weighted by Crippen LogP contribution is 2.16. The van der Waals surface area contributed by atoms with Crippen LogP contribution in [-0.4, -0.2) is 28.6 Å². The fourth-order valence-electron chi connectivity index (χ4n) is 1.50. The normalized spacial score (nSPS) is 9.95. The maximum absolute atomic E-state index is 11.7. The van der Waals surface area contributed by atoms with Gasteiger partial charge in [-0.3, -0.25) is 4.79 Å². The Hall–Kier alpha value is -2.41. The topological polar surface area (TPSA) is 88.5 Å². The summed E-state index contributed by atoms with van der Waals surface area (Å²) in [5, 5.41) is 11.4. The second kappa shape index (κ2) is 6.85. The Morgan fingerprint density at radius 3 is 2.62 bits per heavy atom. The van der Waals surface area contributed by atoms with E-state index in [1.807, 2.05) is 0 Å². The molecule has 1 amide bonds. The van der Waals surface area contributed by atoms with Crippen LogP contribution >= 0.6 is 15.9 Å². The van der Waals surface area contributed by atoms with Gasteiger partial charge in [0.2, 0.25) is 0 Å². The number of aromatic carboxylic acids is 1. The molecule has 0 fully saturated rings. The standard InChI is InChI=1S/C14H11BrN2O4/c15-9-1-3-11(4-2-9)21-8-13(18)17-10-5-6-16-12(7-10)14(19)20/h1-7H,8H2,(H,19,20)(H,16,17,18). The van der Waals surface area contributed by atoms with Gasteiger partial charge >= 0.3 is 5.97 Å². The smallest absolute Gasteiger partial charge is 0.354 e. The molecule has 0 unspecified atom stereocenters. The number of benzene rings is 1. The van der Waals surface area contributed by atoms with Gasteiger partial charge in [0.05, 0.1) is 0 Å². The number of carbonyl (C=O) groups excluding carboxylic acids is 1. The number of carboxylic acids is 1. The summed E-state index contributed by atoms with van der Waals surface area (Å²) in [7, 11) is 0. The van der Waals surface area contributed by atoms with Crippen molar-refractivity contribution in [2.75, 3.05) is 11.9 Å². The molecule has 2 aromatic rings. The van der Waals surface area contributed by atoms with Crippen LogP contribution in [0.3, 0.4) is 0 Å². The van der Waals surface area contributed by atoms with E-state index < -0.39 is 5.97 Å². The maximum Gasteiger partial charge on any atom is 0.354 e. The van der Waals surface area contributed by atoms with Crippen molar-refractivity contribution in [3.05, 3.63) is 52.8 Å². The number of carbonyl (C=O) groups is 2. The van der Waals surface area contributed by atoms with E-state index in [0.717, 1.165) is 4.47 Å². The van der Waals surface area contributed by atoms with Crippen LogP contribution in [0.25, 0.3) is 0 Å². The number of aromatic nitrogens is 1. The minimum Gasteiger partial charge on any atom is -0.484 e. The van der Waals surface area contributed by atoms with E-state index >= 15 is 0 Å². The summed E-state index contributed by atoms with van der Waals surface area (Å²) in [5.74, 6) is -0.980. The van der Waals surface area contributed by atoms with Gasteiger partial charge in [-0.2, -0.15) is 0 Å². The Labute approximate surface area is 128 Å². The molecule has 1 aromatic heterocycles. The molecule has 7 heteroatoms. The third-order valence-electron chi connectivity index (χ3n) is 2.45. The molecule has 0 atom stereocenters. The van der Waals surface area contributed by atoms with Crippen molar-refractivity contribution in [3.8, 4) is 5.75 Å². The van der Waals surface area contributed by atoms with E-state index in [1.54, 1.807) is 24.3 Å². The fourth-order valence-corrected chi connectivity index (χ4v) is 1.77. The molecular formula is C14H11BrN2O4. The summed E-state index contributed by atoms with van der Waals surface area (Å²) in [6.07, 6.45) is 1.31. The highest BCUT2D eigenvalue weighted by atomic mass is 79.9.